The standard InChI is InChI=1S/C23H25N.C20H29NSi.C18H20N2.C18H23N.C17H20FN.C15H17N.C13H11F2N/c1-23(2,3)20-12-16-22(17-13-20)24(4)21-14-10-19(11-15-21)18-8-6-5-7-9-18;1-20(2,3)16-8-10-17(11-9-16)21(4)18-12-14-19(15-13-18)22(5,6)7;1-18(2,3)14-6-10-16(11-7-14)20(5)17-12-8-15(19-4)9-13-17;1-14-6-10-16(11-7-14)19(5)17-12-8-15(9-13-17)18(2,3)4;1-17(2,3)13-5-9-15(10-6-13)19(4)16-11-7-14(18)8-12-16;1-12-8-4-6-10-14(12)16(3)15-11-7-5-9-13(15)2;1-16(12-6-2-10(14)3-7-12)13-8-4-11(15)5-9-13/h5-17H,1-4H3;8-15H,1-7H3;6-13H,1-3,5H3;6-13H,1-5H3;5-12H,1-4H3;4-11H,1-3H3;2-9H,1H3. The van der Waals surface area contributed by atoms with Crippen molar-refractivity contribution in [1.29, 1.82) is 0 Å². The Hall–Kier alpha value is -13.6. The van der Waals surface area contributed by atoms with Crippen LogP contribution in [0.4, 0.5) is 98.5 Å². The van der Waals surface area contributed by atoms with Crippen molar-refractivity contribution in [3.05, 3.63) is 443 Å². The van der Waals surface area contributed by atoms with E-state index >= 15 is 0 Å². The molecule has 0 atom stereocenters. The van der Waals surface area contributed by atoms with Crippen LogP contribution in [0.5, 0.6) is 0 Å². The van der Waals surface area contributed by atoms with Gasteiger partial charge in [-0.15, -0.1) is 0 Å². The molecule has 0 N–H and O–H groups in total. The van der Waals surface area contributed by atoms with Gasteiger partial charge in [0.15, 0.2) is 5.69 Å². The van der Waals surface area contributed by atoms with E-state index in [9.17, 15) is 13.2 Å². The molecule has 0 amide bonds. The quantitative estimate of drug-likeness (QED) is 0.0703. The number of aryl methyl sites for hydroxylation is 3. The van der Waals surface area contributed by atoms with Crippen LogP contribution < -0.4 is 39.5 Å². The fourth-order valence-corrected chi connectivity index (χ4v) is 16.2. The van der Waals surface area contributed by atoms with Gasteiger partial charge in [-0.05, 0) is 292 Å². The summed E-state index contributed by atoms with van der Waals surface area (Å²) in [5, 5.41) is 1.51. The summed E-state index contributed by atoms with van der Waals surface area (Å²) in [6.45, 7) is 54.0. The zero-order chi connectivity index (χ0) is 99.6. The Balaban J connectivity index is 0.000000179. The van der Waals surface area contributed by atoms with Crippen molar-refractivity contribution in [3.8, 4) is 11.1 Å². The molecule has 136 heavy (non-hydrogen) atoms. The van der Waals surface area contributed by atoms with Gasteiger partial charge in [-0.2, -0.15) is 0 Å². The minimum atomic E-state index is -1.22. The third kappa shape index (κ3) is 31.2. The van der Waals surface area contributed by atoms with Crippen LogP contribution in [0.2, 0.25) is 19.6 Å². The van der Waals surface area contributed by atoms with Crippen molar-refractivity contribution in [1.82, 2.24) is 0 Å². The summed E-state index contributed by atoms with van der Waals surface area (Å²) in [5.41, 5.74) is 30.6. The number of nitrogens with zero attached hydrogens (tertiary/aromatic N) is 8. The summed E-state index contributed by atoms with van der Waals surface area (Å²) >= 11 is 0. The lowest BCUT2D eigenvalue weighted by atomic mass is 9.87. The average Bonchev–Trinajstić information content (AvgIpc) is 0.813. The number of para-hydroxylation sites is 2. The second-order valence-corrected chi connectivity index (χ2v) is 46.2. The number of hydrogen-bond donors (Lipinski definition) is 0. The number of halogens is 3. The van der Waals surface area contributed by atoms with Crippen LogP contribution in [0.3, 0.4) is 0 Å². The number of anilines is 14. The second-order valence-electron chi connectivity index (χ2n) is 41.1. The van der Waals surface area contributed by atoms with Gasteiger partial charge in [-0.1, -0.05) is 310 Å². The molecule has 0 aliphatic carbocycles. The van der Waals surface area contributed by atoms with Crippen LogP contribution >= 0.6 is 0 Å². The summed E-state index contributed by atoms with van der Waals surface area (Å²) in [7, 11) is 13.1. The first-order valence-corrected chi connectivity index (χ1v) is 50.4. The van der Waals surface area contributed by atoms with Gasteiger partial charge in [-0.3, -0.25) is 0 Å². The lowest BCUT2D eigenvalue weighted by Crippen LogP contribution is -2.37. The van der Waals surface area contributed by atoms with E-state index in [1.807, 2.05) is 61.3 Å². The van der Waals surface area contributed by atoms with Gasteiger partial charge in [-0.25, -0.2) is 18.0 Å². The van der Waals surface area contributed by atoms with Crippen molar-refractivity contribution in [2.45, 2.75) is 171 Å². The van der Waals surface area contributed by atoms with E-state index in [1.54, 1.807) is 36.4 Å². The highest BCUT2D eigenvalue weighted by molar-refractivity contribution is 6.88. The first-order chi connectivity index (χ1) is 64.1. The minimum absolute atomic E-state index is 0.160. The second kappa shape index (κ2) is 47.5. The van der Waals surface area contributed by atoms with E-state index in [0.717, 1.165) is 34.1 Å². The molecule has 15 aromatic carbocycles. The van der Waals surface area contributed by atoms with E-state index in [2.05, 4.69) is 469 Å². The maximum absolute atomic E-state index is 12.9. The van der Waals surface area contributed by atoms with Gasteiger partial charge in [0.1, 0.15) is 17.5 Å². The summed E-state index contributed by atoms with van der Waals surface area (Å²) in [4.78, 5) is 18.4. The van der Waals surface area contributed by atoms with Crippen LogP contribution in [0.15, 0.2) is 370 Å². The number of benzene rings is 15. The maximum Gasteiger partial charge on any atom is 0.187 e. The Labute approximate surface area is 815 Å². The van der Waals surface area contributed by atoms with E-state index in [0.29, 0.717) is 5.69 Å². The molecule has 15 rings (SSSR count). The molecule has 0 saturated carbocycles. The van der Waals surface area contributed by atoms with Crippen LogP contribution in [0, 0.1) is 44.8 Å². The van der Waals surface area contributed by atoms with Crippen LogP contribution in [0.25, 0.3) is 16.0 Å². The third-order valence-electron chi connectivity index (χ3n) is 24.5. The van der Waals surface area contributed by atoms with Gasteiger partial charge >= 0.3 is 0 Å². The third-order valence-corrected chi connectivity index (χ3v) is 26.5. The molecular weight excluding hydrogens is 1690 g/mol. The molecule has 15 aromatic rings. The highest BCUT2D eigenvalue weighted by Crippen LogP contribution is 2.37. The Morgan fingerprint density at radius 1 is 0.221 bits per heavy atom. The summed E-state index contributed by atoms with van der Waals surface area (Å²) in [6.07, 6.45) is 0. The number of hydrogen-bond acceptors (Lipinski definition) is 7. The predicted molar refractivity (Wildman–Crippen MR) is 589 cm³/mol. The van der Waals surface area contributed by atoms with Gasteiger partial charge in [0.05, 0.1) is 14.6 Å². The van der Waals surface area contributed by atoms with Gasteiger partial charge in [0.25, 0.3) is 0 Å². The van der Waals surface area contributed by atoms with Crippen molar-refractivity contribution >= 4 is 98.6 Å². The van der Waals surface area contributed by atoms with E-state index in [-0.39, 0.29) is 44.5 Å². The van der Waals surface area contributed by atoms with Gasteiger partial charge in [0.2, 0.25) is 0 Å². The molecule has 0 aromatic heterocycles. The van der Waals surface area contributed by atoms with Gasteiger partial charge in [0, 0.05) is 129 Å². The molecule has 0 spiro atoms. The zero-order valence-corrected chi connectivity index (χ0v) is 86.9. The summed E-state index contributed by atoms with van der Waals surface area (Å²) in [5.74, 6) is -0.743. The summed E-state index contributed by atoms with van der Waals surface area (Å²) in [6, 6.07) is 124. The van der Waals surface area contributed by atoms with Crippen molar-refractivity contribution in [2.75, 3.05) is 83.6 Å². The SMILES string of the molecule is CN(c1ccc(-c2ccccc2)cc1)c1ccc(C(C)(C)C)cc1.CN(c1ccc(C(C)(C)C)cc1)c1ccc([Si](C)(C)C)cc1.CN(c1ccc(F)cc1)c1ccc(C(C)(C)C)cc1.CN(c1ccc(F)cc1)c1ccc(F)cc1.Cc1ccc(N(C)c2ccc(C(C)(C)C)cc2)cc1.Cc1ccccc1N(C)c1ccccc1C.[C-]#[N+]c1ccc(N(C)c2ccc(C(C)(C)C)cc2)cc1. The lowest BCUT2D eigenvalue weighted by molar-refractivity contribution is 0.590. The normalized spacial score (nSPS) is 11.2. The minimum Gasteiger partial charge on any atom is -0.345 e. The zero-order valence-electron chi connectivity index (χ0n) is 85.9. The molecule has 12 heteroatoms. The molecule has 0 saturated heterocycles. The van der Waals surface area contributed by atoms with E-state index < -0.39 is 8.07 Å². The molecule has 0 aliphatic rings. The molecule has 0 bridgehead atoms. The molecule has 0 radical (unpaired) electrons. The number of rotatable bonds is 16. The molecule has 0 heterocycles. The van der Waals surface area contributed by atoms with Gasteiger partial charge < -0.3 is 34.3 Å². The topological polar surface area (TPSA) is 27.0 Å². The smallest absolute Gasteiger partial charge is 0.187 e. The van der Waals surface area contributed by atoms with Crippen molar-refractivity contribution < 1.29 is 13.2 Å². The monoisotopic (exact) mass is 1830 g/mol. The highest BCUT2D eigenvalue weighted by atomic mass is 28.3. The lowest BCUT2D eigenvalue weighted by Gasteiger charge is -2.24. The molecule has 0 unspecified atom stereocenters. The van der Waals surface area contributed by atoms with Crippen LogP contribution in [-0.2, 0) is 27.1 Å². The van der Waals surface area contributed by atoms with Crippen molar-refractivity contribution in [3.63, 3.8) is 0 Å². The Bertz CT molecular complexity index is 5930. The van der Waals surface area contributed by atoms with Crippen LogP contribution in [0.1, 0.15) is 148 Å². The predicted octanol–water partition coefficient (Wildman–Crippen LogP) is 34.8. The molecular formula is C124H145F3N8Si. The highest BCUT2D eigenvalue weighted by Gasteiger charge is 2.22. The first-order valence-electron chi connectivity index (χ1n) is 46.9. The maximum atomic E-state index is 12.9. The fourth-order valence-electron chi connectivity index (χ4n) is 15.0. The fraction of sp³-hybridized carbons (Fsp3) is 0.266. The van der Waals surface area contributed by atoms with Crippen LogP contribution in [-0.4, -0.2) is 57.4 Å². The van der Waals surface area contributed by atoms with E-state index in [4.69, 9.17) is 6.57 Å². The Morgan fingerprint density at radius 3 is 0.632 bits per heavy atom. The average molecular weight is 1830 g/mol. The Morgan fingerprint density at radius 2 is 0.412 bits per heavy atom. The Kier molecular flexibility index (Phi) is 37.1. The van der Waals surface area contributed by atoms with E-state index in [1.165, 1.54) is 143 Å². The molecule has 0 aliphatic heterocycles. The molecule has 706 valence electrons. The van der Waals surface area contributed by atoms with Crippen molar-refractivity contribution in [2.24, 2.45) is 0 Å². The molecule has 0 fully saturated rings. The summed E-state index contributed by atoms with van der Waals surface area (Å²) < 4.78 is 38.4. The molecule has 8 nitrogen and oxygen atoms in total. The first kappa shape index (κ1) is 106. The largest absolute Gasteiger partial charge is 0.345 e.